The number of likely N-dealkylation sites (tertiary alicyclic amines) is 1. The van der Waals surface area contributed by atoms with Crippen LogP contribution >= 0.6 is 27.5 Å². The number of hydrogen-bond acceptors (Lipinski definition) is 6. The van der Waals surface area contributed by atoms with Crippen molar-refractivity contribution in [3.8, 4) is 6.01 Å². The van der Waals surface area contributed by atoms with Gasteiger partial charge in [-0.15, -0.1) is 0 Å². The van der Waals surface area contributed by atoms with Crippen molar-refractivity contribution in [2.24, 2.45) is 0 Å². The lowest BCUT2D eigenvalue weighted by atomic mass is 10.1. The van der Waals surface area contributed by atoms with Crippen LogP contribution in [0.1, 0.15) is 54.4 Å². The Morgan fingerprint density at radius 1 is 1.36 bits per heavy atom. The van der Waals surface area contributed by atoms with Gasteiger partial charge >= 0.3 is 12.1 Å². The van der Waals surface area contributed by atoms with E-state index in [0.717, 1.165) is 0 Å². The molecule has 33 heavy (non-hydrogen) atoms. The monoisotopic (exact) mass is 546 g/mol. The van der Waals surface area contributed by atoms with Crippen molar-refractivity contribution >= 4 is 50.3 Å². The Morgan fingerprint density at radius 2 is 1.97 bits per heavy atom. The van der Waals surface area contributed by atoms with Crippen LogP contribution in [0, 0.1) is 5.82 Å². The maximum absolute atomic E-state index is 14.8. The average molecular weight is 548 g/mol. The second-order valence-electron chi connectivity index (χ2n) is 9.00. The maximum atomic E-state index is 14.8. The standard InChI is InChI=1S/C20H25BrClFN4O3.C3H8/c1-10-13(7-8-27(10)19(28)30-20(2,3)4)26(5)17-11-9-12(22)14(21)15(23)16(11)24-18(25-17)29-6;1-3-2/h9-10,13H,7-8H2,1-6H3;3H2,1-2H3/t10?,13-;/m1./s1. The molecule has 1 fully saturated rings. The van der Waals surface area contributed by atoms with Gasteiger partial charge in [0.2, 0.25) is 0 Å². The van der Waals surface area contributed by atoms with Gasteiger partial charge in [0.25, 0.3) is 0 Å². The molecule has 1 aromatic carbocycles. The van der Waals surface area contributed by atoms with E-state index in [4.69, 9.17) is 21.1 Å². The van der Waals surface area contributed by atoms with E-state index in [1.165, 1.54) is 13.5 Å². The highest BCUT2D eigenvalue weighted by molar-refractivity contribution is 9.10. The minimum atomic E-state index is -0.581. The van der Waals surface area contributed by atoms with Gasteiger partial charge in [-0.1, -0.05) is 31.9 Å². The fourth-order valence-electron chi connectivity index (χ4n) is 3.67. The quantitative estimate of drug-likeness (QED) is 0.412. The van der Waals surface area contributed by atoms with Crippen molar-refractivity contribution in [2.75, 3.05) is 25.6 Å². The molecule has 1 aliphatic heterocycles. The van der Waals surface area contributed by atoms with Gasteiger partial charge < -0.3 is 19.3 Å². The third-order valence-corrected chi connectivity index (χ3v) is 6.44. The summed E-state index contributed by atoms with van der Waals surface area (Å²) in [5.41, 5.74) is -0.465. The Morgan fingerprint density at radius 3 is 2.52 bits per heavy atom. The van der Waals surface area contributed by atoms with Gasteiger partial charge in [0.15, 0.2) is 5.82 Å². The molecule has 1 aromatic heterocycles. The van der Waals surface area contributed by atoms with Crippen LogP contribution in [0.5, 0.6) is 6.01 Å². The molecule has 1 unspecified atom stereocenters. The number of ether oxygens (including phenoxy) is 2. The lowest BCUT2D eigenvalue weighted by Crippen LogP contribution is -2.45. The fraction of sp³-hybridized carbons (Fsp3) is 0.609. The van der Waals surface area contributed by atoms with E-state index in [9.17, 15) is 9.18 Å². The number of anilines is 1. The number of benzene rings is 1. The minimum Gasteiger partial charge on any atom is -0.467 e. The summed E-state index contributed by atoms with van der Waals surface area (Å²) in [6, 6.07) is 1.47. The van der Waals surface area contributed by atoms with Crippen molar-refractivity contribution in [3.05, 3.63) is 21.4 Å². The smallest absolute Gasteiger partial charge is 0.410 e. The van der Waals surface area contributed by atoms with Crippen LogP contribution in [-0.4, -0.2) is 59.3 Å². The van der Waals surface area contributed by atoms with E-state index in [2.05, 4.69) is 39.7 Å². The van der Waals surface area contributed by atoms with Crippen LogP contribution in [0.2, 0.25) is 5.02 Å². The zero-order valence-corrected chi connectivity index (χ0v) is 22.8. The van der Waals surface area contributed by atoms with Gasteiger partial charge in [-0.2, -0.15) is 9.97 Å². The summed E-state index contributed by atoms with van der Waals surface area (Å²) >= 11 is 9.35. The van der Waals surface area contributed by atoms with Gasteiger partial charge in [-0.25, -0.2) is 9.18 Å². The molecule has 3 rings (SSSR count). The number of halogens is 3. The van der Waals surface area contributed by atoms with Crippen LogP contribution in [0.4, 0.5) is 15.0 Å². The first-order valence-corrected chi connectivity index (χ1v) is 12.1. The molecule has 1 amide bonds. The maximum Gasteiger partial charge on any atom is 0.410 e. The predicted molar refractivity (Wildman–Crippen MR) is 134 cm³/mol. The molecular weight excluding hydrogens is 515 g/mol. The number of amides is 1. The normalized spacial score (nSPS) is 18.1. The first-order valence-electron chi connectivity index (χ1n) is 11.0. The molecule has 0 bridgehead atoms. The topological polar surface area (TPSA) is 67.8 Å². The van der Waals surface area contributed by atoms with E-state index in [1.807, 2.05) is 39.6 Å². The zero-order valence-electron chi connectivity index (χ0n) is 20.5. The molecule has 7 nitrogen and oxygen atoms in total. The summed E-state index contributed by atoms with van der Waals surface area (Å²) in [6.07, 6.45) is 1.60. The van der Waals surface area contributed by atoms with Crippen molar-refractivity contribution < 1.29 is 18.7 Å². The summed E-state index contributed by atoms with van der Waals surface area (Å²) in [5.74, 6) is -0.101. The largest absolute Gasteiger partial charge is 0.467 e. The van der Waals surface area contributed by atoms with Crippen LogP contribution in [0.25, 0.3) is 10.9 Å². The third-order valence-electron chi connectivity index (χ3n) is 5.14. The highest BCUT2D eigenvalue weighted by atomic mass is 79.9. The van der Waals surface area contributed by atoms with E-state index in [0.29, 0.717) is 24.2 Å². The highest BCUT2D eigenvalue weighted by Gasteiger charge is 2.39. The van der Waals surface area contributed by atoms with Crippen molar-refractivity contribution in [3.63, 3.8) is 0 Å². The molecule has 2 atom stereocenters. The molecule has 0 saturated carbocycles. The highest BCUT2D eigenvalue weighted by Crippen LogP contribution is 2.37. The van der Waals surface area contributed by atoms with Gasteiger partial charge in [0.1, 0.15) is 16.9 Å². The average Bonchev–Trinajstić information content (AvgIpc) is 3.12. The third kappa shape index (κ3) is 6.18. The number of aromatic nitrogens is 2. The number of nitrogens with zero attached hydrogens (tertiary/aromatic N) is 4. The number of rotatable bonds is 3. The molecule has 2 heterocycles. The van der Waals surface area contributed by atoms with Crippen LogP contribution in [0.3, 0.4) is 0 Å². The van der Waals surface area contributed by atoms with E-state index >= 15 is 0 Å². The number of methoxy groups -OCH3 is 1. The molecule has 0 spiro atoms. The van der Waals surface area contributed by atoms with E-state index < -0.39 is 11.4 Å². The molecule has 0 radical (unpaired) electrons. The number of carbonyl (C=O) groups excluding carboxylic acids is 1. The summed E-state index contributed by atoms with van der Waals surface area (Å²) < 4.78 is 25.7. The summed E-state index contributed by atoms with van der Waals surface area (Å²) in [5, 5.41) is 0.685. The Labute approximate surface area is 208 Å². The molecule has 0 N–H and O–H groups in total. The number of carbonyl (C=O) groups is 1. The summed E-state index contributed by atoms with van der Waals surface area (Å²) in [6.45, 7) is 12.3. The van der Waals surface area contributed by atoms with Gasteiger partial charge in [-0.05, 0) is 56.1 Å². The van der Waals surface area contributed by atoms with Gasteiger partial charge in [0, 0.05) is 19.0 Å². The number of fused-ring (bicyclic) bond motifs is 1. The van der Waals surface area contributed by atoms with Crippen LogP contribution in [-0.2, 0) is 4.74 Å². The van der Waals surface area contributed by atoms with Crippen molar-refractivity contribution in [1.29, 1.82) is 0 Å². The lowest BCUT2D eigenvalue weighted by molar-refractivity contribution is 0.0233. The Bertz CT molecular complexity index is 1000. The summed E-state index contributed by atoms with van der Waals surface area (Å²) in [4.78, 5) is 24.8. The fourth-order valence-corrected chi connectivity index (χ4v) is 4.17. The first kappa shape index (κ1) is 27.4. The first-order chi connectivity index (χ1) is 15.4. The Kier molecular flexibility index (Phi) is 9.16. The molecular formula is C23H33BrClFN4O3. The van der Waals surface area contributed by atoms with Crippen LogP contribution in [0.15, 0.2) is 10.5 Å². The molecule has 184 valence electrons. The molecule has 2 aromatic rings. The second kappa shape index (κ2) is 11.0. The number of likely N-dealkylation sites (N-methyl/N-ethyl adjacent to an activating group) is 1. The predicted octanol–water partition coefficient (Wildman–Crippen LogP) is 6.44. The minimum absolute atomic E-state index is 0.0483. The van der Waals surface area contributed by atoms with Gasteiger partial charge in [-0.3, -0.25) is 0 Å². The summed E-state index contributed by atoms with van der Waals surface area (Å²) in [7, 11) is 3.28. The van der Waals surface area contributed by atoms with E-state index in [1.54, 1.807) is 11.0 Å². The Hall–Kier alpha value is -1.87. The van der Waals surface area contributed by atoms with E-state index in [-0.39, 0.29) is 39.2 Å². The zero-order chi connectivity index (χ0) is 25.1. The van der Waals surface area contributed by atoms with Gasteiger partial charge in [0.05, 0.1) is 28.7 Å². The molecule has 1 aliphatic rings. The second-order valence-corrected chi connectivity index (χ2v) is 10.2. The molecule has 1 saturated heterocycles. The van der Waals surface area contributed by atoms with Crippen LogP contribution < -0.4 is 9.64 Å². The lowest BCUT2D eigenvalue weighted by Gasteiger charge is -2.33. The Balaban J connectivity index is 0.00000122. The number of hydrogen-bond donors (Lipinski definition) is 0. The molecule has 10 heteroatoms. The molecule has 0 aliphatic carbocycles. The SMILES string of the molecule is CCC.COc1nc(N(C)[C@@H]2CCN(C(=O)OC(C)(C)C)C2C)c2cc(Cl)c(Br)c(F)c2n1. The van der Waals surface area contributed by atoms with Crippen molar-refractivity contribution in [1.82, 2.24) is 14.9 Å². The van der Waals surface area contributed by atoms with Crippen molar-refractivity contribution in [2.45, 2.75) is 72.1 Å².